The smallest absolute Gasteiger partial charge is 0.303 e. The second kappa shape index (κ2) is 19.0. The summed E-state index contributed by atoms with van der Waals surface area (Å²) in [5.41, 5.74) is 5.30. The molecule has 0 saturated heterocycles. The molecule has 49 heavy (non-hydrogen) atoms. The number of allylic oxidation sites excluding steroid dienone is 6. The third-order valence-electron chi connectivity index (χ3n) is 15.5. The van der Waals surface area contributed by atoms with E-state index < -0.39 is 5.97 Å². The second-order valence-electron chi connectivity index (χ2n) is 18.9. The molecule has 0 radical (unpaired) electrons. The van der Waals surface area contributed by atoms with Gasteiger partial charge < -0.3 is 5.11 Å². The van der Waals surface area contributed by atoms with Crippen molar-refractivity contribution in [3.8, 4) is 0 Å². The highest BCUT2D eigenvalue weighted by molar-refractivity contribution is 5.66. The molecule has 4 rings (SSSR count). The molecule has 1 N–H and O–H groups in total. The molecule has 0 aromatic carbocycles. The normalized spacial score (nSPS) is 32.9. The van der Waals surface area contributed by atoms with Gasteiger partial charge in [-0.15, -0.1) is 0 Å². The van der Waals surface area contributed by atoms with Crippen LogP contribution in [0.2, 0.25) is 0 Å². The van der Waals surface area contributed by atoms with Gasteiger partial charge in [-0.25, -0.2) is 0 Å². The summed E-state index contributed by atoms with van der Waals surface area (Å²) in [7, 11) is 0. The third kappa shape index (κ3) is 10.2. The van der Waals surface area contributed by atoms with E-state index in [1.165, 1.54) is 135 Å². The first-order valence-electron chi connectivity index (χ1n) is 21.7. The molecule has 2 fully saturated rings. The van der Waals surface area contributed by atoms with E-state index >= 15 is 0 Å². The Bertz CT molecular complexity index is 1110. The van der Waals surface area contributed by atoms with Crippen molar-refractivity contribution in [3.05, 3.63) is 35.5 Å². The monoisotopic (exact) mass is 677 g/mol. The average Bonchev–Trinajstić information content (AvgIpc) is 3.35. The van der Waals surface area contributed by atoms with Crippen LogP contribution in [0.4, 0.5) is 0 Å². The molecule has 0 aromatic heterocycles. The Labute approximate surface area is 304 Å². The van der Waals surface area contributed by atoms with E-state index in [1.54, 1.807) is 0 Å². The standard InChI is InChI=1S/C47H80O2/c1-36(2)37(3)25-26-38(4)41-30-33-47(7)43-28-27-40-35-39(29-32-45(40,5)42(43)31-34-46(41,47)6)23-21-19-17-15-13-11-9-8-10-12-14-16-18-20-22-24-44(48)49/h8,10,25-26,36-41H,9,11-24,27-35H2,1-7H3,(H,48,49)/t37-,38+,39?,40?,41+,45-,46+,47?/m0/s1. The van der Waals surface area contributed by atoms with Crippen LogP contribution in [0.15, 0.2) is 35.5 Å². The molecule has 4 aliphatic rings. The maximum atomic E-state index is 10.6. The Morgan fingerprint density at radius 1 is 0.735 bits per heavy atom. The SMILES string of the molecule is CC(C)[C@@H](C)C=C[C@@H](C)[C@H]1CCC2(C)C3=C(CC[C@]12C)[C@@]1(C)CCC(CCCCCCCCC=CCCCCCCCC(=O)O)CC1CC3. The summed E-state index contributed by atoms with van der Waals surface area (Å²) in [5.74, 6) is 4.19. The molecule has 2 heteroatoms. The van der Waals surface area contributed by atoms with Gasteiger partial charge in [0, 0.05) is 6.42 Å². The topological polar surface area (TPSA) is 37.3 Å². The van der Waals surface area contributed by atoms with Gasteiger partial charge in [-0.2, -0.15) is 0 Å². The molecule has 0 spiro atoms. The Morgan fingerprint density at radius 2 is 1.37 bits per heavy atom. The first-order chi connectivity index (χ1) is 23.4. The van der Waals surface area contributed by atoms with Crippen molar-refractivity contribution in [1.29, 1.82) is 0 Å². The van der Waals surface area contributed by atoms with Crippen LogP contribution in [0.5, 0.6) is 0 Å². The minimum atomic E-state index is -0.658. The minimum Gasteiger partial charge on any atom is -0.481 e. The summed E-state index contributed by atoms with van der Waals surface area (Å²) < 4.78 is 0. The number of rotatable bonds is 21. The van der Waals surface area contributed by atoms with E-state index in [2.05, 4.69) is 72.8 Å². The number of aliphatic carboxylic acids is 1. The fourth-order valence-electron chi connectivity index (χ4n) is 11.5. The van der Waals surface area contributed by atoms with Gasteiger partial charge in [0.2, 0.25) is 0 Å². The first kappa shape index (κ1) is 40.5. The molecule has 0 aromatic rings. The quantitative estimate of drug-likeness (QED) is 0.0970. The number of carbonyl (C=O) groups is 1. The molecular formula is C47H80O2. The maximum absolute atomic E-state index is 10.6. The number of hydrogen-bond donors (Lipinski definition) is 1. The van der Waals surface area contributed by atoms with Crippen molar-refractivity contribution in [3.63, 3.8) is 0 Å². The summed E-state index contributed by atoms with van der Waals surface area (Å²) in [5, 5.41) is 8.70. The van der Waals surface area contributed by atoms with Crippen LogP contribution in [0.1, 0.15) is 203 Å². The molecule has 2 saturated carbocycles. The molecule has 0 amide bonds. The zero-order chi connectivity index (χ0) is 35.5. The number of hydrogen-bond acceptors (Lipinski definition) is 1. The van der Waals surface area contributed by atoms with E-state index in [-0.39, 0.29) is 0 Å². The van der Waals surface area contributed by atoms with Crippen LogP contribution < -0.4 is 0 Å². The highest BCUT2D eigenvalue weighted by atomic mass is 16.4. The molecule has 280 valence electrons. The Balaban J connectivity index is 1.13. The third-order valence-corrected chi connectivity index (χ3v) is 15.5. The van der Waals surface area contributed by atoms with Crippen molar-refractivity contribution in [2.45, 2.75) is 203 Å². The number of unbranched alkanes of at least 4 members (excludes halogenated alkanes) is 11. The zero-order valence-electron chi connectivity index (χ0n) is 33.6. The molecule has 0 bridgehead atoms. The number of fused-ring (bicyclic) bond motifs is 4. The lowest BCUT2D eigenvalue weighted by molar-refractivity contribution is -0.137. The van der Waals surface area contributed by atoms with Crippen molar-refractivity contribution < 1.29 is 9.90 Å². The summed E-state index contributed by atoms with van der Waals surface area (Å²) >= 11 is 0. The van der Waals surface area contributed by atoms with Gasteiger partial charge in [0.15, 0.2) is 0 Å². The highest BCUT2D eigenvalue weighted by Gasteiger charge is 2.61. The number of carboxylic acids is 1. The van der Waals surface area contributed by atoms with Gasteiger partial charge in [-0.3, -0.25) is 4.79 Å². The summed E-state index contributed by atoms with van der Waals surface area (Å²) in [6.45, 7) is 17.8. The number of carboxylic acid groups (broad SMARTS) is 1. The summed E-state index contributed by atoms with van der Waals surface area (Å²) in [6, 6.07) is 0. The van der Waals surface area contributed by atoms with Crippen molar-refractivity contribution in [2.24, 2.45) is 51.8 Å². The lowest BCUT2D eigenvalue weighted by Gasteiger charge is -2.59. The summed E-state index contributed by atoms with van der Waals surface area (Å²) in [6.07, 6.45) is 41.2. The van der Waals surface area contributed by atoms with E-state index in [1.807, 2.05) is 11.1 Å². The van der Waals surface area contributed by atoms with Crippen LogP contribution in [0.25, 0.3) is 0 Å². The molecule has 2 nitrogen and oxygen atoms in total. The maximum Gasteiger partial charge on any atom is 0.303 e. The predicted octanol–water partition coefficient (Wildman–Crippen LogP) is 14.7. The molecule has 3 unspecified atom stereocenters. The molecule has 4 aliphatic carbocycles. The van der Waals surface area contributed by atoms with E-state index in [0.717, 1.165) is 36.5 Å². The van der Waals surface area contributed by atoms with E-state index in [0.29, 0.717) is 34.5 Å². The van der Waals surface area contributed by atoms with Gasteiger partial charge in [-0.1, -0.05) is 142 Å². The van der Waals surface area contributed by atoms with Gasteiger partial charge >= 0.3 is 5.97 Å². The fourth-order valence-corrected chi connectivity index (χ4v) is 11.5. The minimum absolute atomic E-state index is 0.330. The lowest BCUT2D eigenvalue weighted by atomic mass is 9.46. The van der Waals surface area contributed by atoms with Crippen molar-refractivity contribution in [2.75, 3.05) is 0 Å². The average molecular weight is 677 g/mol. The van der Waals surface area contributed by atoms with E-state index in [4.69, 9.17) is 5.11 Å². The van der Waals surface area contributed by atoms with Crippen LogP contribution in [-0.4, -0.2) is 11.1 Å². The second-order valence-corrected chi connectivity index (χ2v) is 18.9. The molecule has 0 heterocycles. The van der Waals surface area contributed by atoms with Gasteiger partial charge in [0.25, 0.3) is 0 Å². The Morgan fingerprint density at radius 3 is 2.02 bits per heavy atom. The summed E-state index contributed by atoms with van der Waals surface area (Å²) in [4.78, 5) is 10.6. The van der Waals surface area contributed by atoms with Crippen molar-refractivity contribution >= 4 is 5.97 Å². The first-order valence-corrected chi connectivity index (χ1v) is 21.7. The molecular weight excluding hydrogens is 597 g/mol. The van der Waals surface area contributed by atoms with Crippen LogP contribution in [0, 0.1) is 51.8 Å². The Hall–Kier alpha value is -1.31. The van der Waals surface area contributed by atoms with Crippen LogP contribution >= 0.6 is 0 Å². The highest BCUT2D eigenvalue weighted by Crippen LogP contribution is 2.71. The fraction of sp³-hybridized carbons (Fsp3) is 0.851. The van der Waals surface area contributed by atoms with Gasteiger partial charge in [-0.05, 0) is 142 Å². The van der Waals surface area contributed by atoms with E-state index in [9.17, 15) is 4.79 Å². The Kier molecular flexibility index (Phi) is 15.7. The lowest BCUT2D eigenvalue weighted by Crippen LogP contribution is -2.49. The van der Waals surface area contributed by atoms with Gasteiger partial charge in [0.05, 0.1) is 0 Å². The zero-order valence-corrected chi connectivity index (χ0v) is 33.6. The predicted molar refractivity (Wildman–Crippen MR) is 212 cm³/mol. The largest absolute Gasteiger partial charge is 0.481 e. The van der Waals surface area contributed by atoms with Crippen LogP contribution in [-0.2, 0) is 4.79 Å². The molecule has 8 atom stereocenters. The molecule has 0 aliphatic heterocycles. The van der Waals surface area contributed by atoms with Crippen molar-refractivity contribution in [1.82, 2.24) is 0 Å². The van der Waals surface area contributed by atoms with Gasteiger partial charge in [0.1, 0.15) is 0 Å². The van der Waals surface area contributed by atoms with Crippen LogP contribution in [0.3, 0.4) is 0 Å².